The molecule has 170 valence electrons. The highest BCUT2D eigenvalue weighted by Crippen LogP contribution is 2.23. The third-order valence-electron chi connectivity index (χ3n) is 5.30. The lowest BCUT2D eigenvalue weighted by Crippen LogP contribution is -2.28. The van der Waals surface area contributed by atoms with Gasteiger partial charge in [0, 0.05) is 24.2 Å². The van der Waals surface area contributed by atoms with Gasteiger partial charge in [-0.15, -0.1) is 0 Å². The molecule has 0 saturated heterocycles. The van der Waals surface area contributed by atoms with Gasteiger partial charge in [0.05, 0.1) is 11.4 Å². The van der Waals surface area contributed by atoms with Crippen LogP contribution in [0.5, 0.6) is 0 Å². The normalized spacial score (nSPS) is 10.5. The van der Waals surface area contributed by atoms with Crippen LogP contribution in [0, 0.1) is 0 Å². The van der Waals surface area contributed by atoms with Gasteiger partial charge in [0.15, 0.2) is 5.82 Å². The lowest BCUT2D eigenvalue weighted by molar-refractivity contribution is 0.102. The van der Waals surface area contributed by atoms with Crippen LogP contribution in [-0.2, 0) is 13.1 Å². The molecule has 1 heterocycles. The van der Waals surface area contributed by atoms with E-state index in [4.69, 9.17) is 5.73 Å². The van der Waals surface area contributed by atoms with Gasteiger partial charge in [-0.3, -0.25) is 9.69 Å². The molecule has 0 bridgehead atoms. The van der Waals surface area contributed by atoms with E-state index < -0.39 is 6.09 Å². The summed E-state index contributed by atoms with van der Waals surface area (Å²) >= 11 is 0. The molecular formula is C27H24N4O3. The van der Waals surface area contributed by atoms with Crippen LogP contribution in [0.2, 0.25) is 0 Å². The average Bonchev–Trinajstić information content (AvgIpc) is 2.86. The van der Waals surface area contributed by atoms with Gasteiger partial charge < -0.3 is 16.2 Å². The van der Waals surface area contributed by atoms with Gasteiger partial charge in [-0.2, -0.15) is 0 Å². The maximum Gasteiger partial charge on any atom is 0.407 e. The molecule has 0 aliphatic carbocycles. The molecule has 34 heavy (non-hydrogen) atoms. The van der Waals surface area contributed by atoms with Crippen molar-refractivity contribution in [3.05, 3.63) is 114 Å². The van der Waals surface area contributed by atoms with Crippen molar-refractivity contribution < 1.29 is 14.7 Å². The van der Waals surface area contributed by atoms with Gasteiger partial charge in [-0.25, -0.2) is 9.78 Å². The van der Waals surface area contributed by atoms with Crippen LogP contribution in [0.3, 0.4) is 0 Å². The Bertz CT molecular complexity index is 1280. The molecule has 0 atom stereocenters. The number of anilines is 2. The summed E-state index contributed by atoms with van der Waals surface area (Å²) in [6.07, 6.45) is -1.01. The number of amides is 2. The molecule has 7 heteroatoms. The summed E-state index contributed by atoms with van der Waals surface area (Å²) in [4.78, 5) is 30.3. The summed E-state index contributed by atoms with van der Waals surface area (Å²) in [6, 6.07) is 29.3. The first-order valence-electron chi connectivity index (χ1n) is 10.7. The van der Waals surface area contributed by atoms with Gasteiger partial charge in [-0.1, -0.05) is 72.8 Å². The second-order valence-corrected chi connectivity index (χ2v) is 7.78. The third kappa shape index (κ3) is 5.58. The highest BCUT2D eigenvalue weighted by Gasteiger charge is 2.15. The first-order chi connectivity index (χ1) is 16.5. The zero-order chi connectivity index (χ0) is 23.9. The number of carbonyl (C=O) groups excluding carboxylic acids is 1. The average molecular weight is 453 g/mol. The topological polar surface area (TPSA) is 109 Å². The number of carbonyl (C=O) groups is 2. The van der Waals surface area contributed by atoms with Crippen molar-refractivity contribution in [1.29, 1.82) is 0 Å². The van der Waals surface area contributed by atoms with E-state index in [1.54, 1.807) is 36.4 Å². The van der Waals surface area contributed by atoms with Crippen LogP contribution in [0.25, 0.3) is 11.3 Å². The minimum atomic E-state index is -1.01. The SMILES string of the molecule is Nc1ccc(-c2ccccc2)nc1NC(=O)c1ccc(CN(Cc2ccccc2)C(=O)O)cc1. The number of nitrogens with two attached hydrogens (primary N) is 1. The molecule has 0 unspecified atom stereocenters. The van der Waals surface area contributed by atoms with E-state index in [0.717, 1.165) is 16.7 Å². The van der Waals surface area contributed by atoms with Crippen molar-refractivity contribution in [2.24, 2.45) is 0 Å². The van der Waals surface area contributed by atoms with Gasteiger partial charge in [0.25, 0.3) is 5.91 Å². The minimum absolute atomic E-state index is 0.208. The molecule has 0 fully saturated rings. The highest BCUT2D eigenvalue weighted by atomic mass is 16.4. The van der Waals surface area contributed by atoms with E-state index in [9.17, 15) is 14.7 Å². The Morgan fingerprint density at radius 2 is 1.38 bits per heavy atom. The van der Waals surface area contributed by atoms with Crippen molar-refractivity contribution >= 4 is 23.5 Å². The van der Waals surface area contributed by atoms with E-state index >= 15 is 0 Å². The Morgan fingerprint density at radius 1 is 0.794 bits per heavy atom. The number of aromatic nitrogens is 1. The number of carboxylic acid groups (broad SMARTS) is 1. The standard InChI is InChI=1S/C27H24N4O3/c28-23-15-16-24(21-9-5-2-6-10-21)29-25(23)30-26(32)22-13-11-20(12-14-22)18-31(27(33)34)17-19-7-3-1-4-8-19/h1-16H,17-18,28H2,(H,33,34)(H,29,30,32). The molecule has 0 aliphatic heterocycles. The van der Waals surface area contributed by atoms with Gasteiger partial charge in [0.1, 0.15) is 0 Å². The molecule has 1 aromatic heterocycles. The molecule has 3 aromatic carbocycles. The Morgan fingerprint density at radius 3 is 2.00 bits per heavy atom. The Hall–Kier alpha value is -4.65. The molecule has 0 saturated carbocycles. The number of pyridine rings is 1. The fourth-order valence-corrected chi connectivity index (χ4v) is 3.50. The number of benzene rings is 3. The third-order valence-corrected chi connectivity index (χ3v) is 5.30. The van der Waals surface area contributed by atoms with E-state index in [-0.39, 0.29) is 24.8 Å². The Balaban J connectivity index is 1.44. The van der Waals surface area contributed by atoms with Gasteiger partial charge in [-0.05, 0) is 35.4 Å². The smallest absolute Gasteiger partial charge is 0.407 e. The lowest BCUT2D eigenvalue weighted by atomic mass is 10.1. The Kier molecular flexibility index (Phi) is 6.84. The molecule has 0 spiro atoms. The molecule has 2 amide bonds. The number of hydrogen-bond donors (Lipinski definition) is 3. The zero-order valence-electron chi connectivity index (χ0n) is 18.4. The molecule has 4 rings (SSSR count). The summed E-state index contributed by atoms with van der Waals surface area (Å²) in [5.41, 5.74) is 10.1. The van der Waals surface area contributed by atoms with Crippen molar-refractivity contribution in [1.82, 2.24) is 9.88 Å². The number of nitrogens with one attached hydrogen (secondary N) is 1. The lowest BCUT2D eigenvalue weighted by Gasteiger charge is -2.19. The van der Waals surface area contributed by atoms with Crippen LogP contribution in [0.15, 0.2) is 97.1 Å². The summed E-state index contributed by atoms with van der Waals surface area (Å²) in [6.45, 7) is 0.487. The number of nitrogens with zero attached hydrogens (tertiary/aromatic N) is 2. The maximum atomic E-state index is 12.8. The molecule has 0 radical (unpaired) electrons. The molecule has 4 N–H and O–H groups in total. The summed E-state index contributed by atoms with van der Waals surface area (Å²) in [5, 5.41) is 12.3. The van der Waals surface area contributed by atoms with Crippen LogP contribution in [0.1, 0.15) is 21.5 Å². The molecule has 4 aromatic rings. The van der Waals surface area contributed by atoms with Crippen LogP contribution < -0.4 is 11.1 Å². The van der Waals surface area contributed by atoms with Crippen molar-refractivity contribution in [2.75, 3.05) is 11.1 Å². The maximum absolute atomic E-state index is 12.8. The van der Waals surface area contributed by atoms with Gasteiger partial charge >= 0.3 is 6.09 Å². The summed E-state index contributed by atoms with van der Waals surface area (Å²) in [7, 11) is 0. The van der Waals surface area contributed by atoms with Crippen molar-refractivity contribution in [3.63, 3.8) is 0 Å². The second-order valence-electron chi connectivity index (χ2n) is 7.78. The van der Waals surface area contributed by atoms with Crippen molar-refractivity contribution in [3.8, 4) is 11.3 Å². The predicted molar refractivity (Wildman–Crippen MR) is 132 cm³/mol. The number of hydrogen-bond acceptors (Lipinski definition) is 4. The Labute approximate surface area is 197 Å². The number of nitrogen functional groups attached to an aromatic ring is 1. The van der Waals surface area contributed by atoms with Crippen LogP contribution >= 0.6 is 0 Å². The van der Waals surface area contributed by atoms with Crippen LogP contribution in [-0.4, -0.2) is 27.0 Å². The largest absolute Gasteiger partial charge is 0.465 e. The quantitative estimate of drug-likeness (QED) is 0.354. The minimum Gasteiger partial charge on any atom is -0.465 e. The monoisotopic (exact) mass is 452 g/mol. The fourth-order valence-electron chi connectivity index (χ4n) is 3.50. The zero-order valence-corrected chi connectivity index (χ0v) is 18.4. The molecule has 7 nitrogen and oxygen atoms in total. The van der Waals surface area contributed by atoms with Crippen molar-refractivity contribution in [2.45, 2.75) is 13.1 Å². The van der Waals surface area contributed by atoms with E-state index in [0.29, 0.717) is 16.9 Å². The van der Waals surface area contributed by atoms with Gasteiger partial charge in [0.2, 0.25) is 0 Å². The van der Waals surface area contributed by atoms with E-state index in [1.165, 1.54) is 4.90 Å². The summed E-state index contributed by atoms with van der Waals surface area (Å²) < 4.78 is 0. The fraction of sp³-hybridized carbons (Fsp3) is 0.0741. The molecule has 0 aliphatic rings. The first kappa shape index (κ1) is 22.5. The second kappa shape index (κ2) is 10.3. The predicted octanol–water partition coefficient (Wildman–Crippen LogP) is 5.26. The van der Waals surface area contributed by atoms with E-state index in [2.05, 4.69) is 10.3 Å². The highest BCUT2D eigenvalue weighted by molar-refractivity contribution is 6.05. The molecular weight excluding hydrogens is 428 g/mol. The number of rotatable bonds is 7. The van der Waals surface area contributed by atoms with E-state index in [1.807, 2.05) is 60.7 Å². The summed E-state index contributed by atoms with van der Waals surface area (Å²) in [5.74, 6) is -0.0642. The van der Waals surface area contributed by atoms with Crippen LogP contribution in [0.4, 0.5) is 16.3 Å². The first-order valence-corrected chi connectivity index (χ1v) is 10.7.